The molecule has 0 aliphatic rings. The monoisotopic (exact) mass is 366 g/mol. The zero-order valence-electron chi connectivity index (χ0n) is 13.9. The van der Waals surface area contributed by atoms with E-state index in [2.05, 4.69) is 20.6 Å². The summed E-state index contributed by atoms with van der Waals surface area (Å²) in [7, 11) is 0. The summed E-state index contributed by atoms with van der Waals surface area (Å²) < 4.78 is 0. The Kier molecular flexibility index (Phi) is 5.24. The Morgan fingerprint density at radius 2 is 1.69 bits per heavy atom. The highest BCUT2D eigenvalue weighted by molar-refractivity contribution is 6.33. The van der Waals surface area contributed by atoms with Gasteiger partial charge < -0.3 is 10.6 Å². The Bertz CT molecular complexity index is 958. The van der Waals surface area contributed by atoms with Gasteiger partial charge in [0.1, 0.15) is 0 Å². The number of nitrogens with zero attached hydrogens (tertiary/aromatic N) is 2. The van der Waals surface area contributed by atoms with Crippen LogP contribution in [-0.2, 0) is 0 Å². The normalized spacial score (nSPS) is 10.2. The molecule has 7 heteroatoms. The van der Waals surface area contributed by atoms with Crippen molar-refractivity contribution in [1.82, 2.24) is 9.97 Å². The summed E-state index contributed by atoms with van der Waals surface area (Å²) in [6, 6.07) is 13.9. The number of carbonyl (C=O) groups excluding carboxylic acids is 2. The molecule has 0 bridgehead atoms. The SMILES string of the molecule is CC(=O)c1cccc(NC(=O)c2cnc(Nc3ccccc3Cl)nc2)c1. The molecule has 0 saturated carbocycles. The molecule has 3 aromatic rings. The van der Waals surface area contributed by atoms with E-state index in [1.807, 2.05) is 12.1 Å². The standard InChI is InChI=1S/C19H15ClN4O2/c1-12(25)13-5-4-6-15(9-13)23-18(26)14-10-21-19(22-11-14)24-17-8-3-2-7-16(17)20/h2-11H,1H3,(H,23,26)(H,21,22,24). The molecule has 1 heterocycles. The van der Waals surface area contributed by atoms with Crippen molar-refractivity contribution in [1.29, 1.82) is 0 Å². The van der Waals surface area contributed by atoms with E-state index < -0.39 is 0 Å². The molecule has 0 atom stereocenters. The lowest BCUT2D eigenvalue weighted by Gasteiger charge is -2.08. The van der Waals surface area contributed by atoms with Gasteiger partial charge in [0.25, 0.3) is 5.91 Å². The first-order chi connectivity index (χ1) is 12.5. The van der Waals surface area contributed by atoms with Crippen LogP contribution in [0.3, 0.4) is 0 Å². The number of para-hydroxylation sites is 1. The topological polar surface area (TPSA) is 84.0 Å². The third-order valence-electron chi connectivity index (χ3n) is 3.56. The number of hydrogen-bond acceptors (Lipinski definition) is 5. The van der Waals surface area contributed by atoms with Gasteiger partial charge in [-0.3, -0.25) is 9.59 Å². The summed E-state index contributed by atoms with van der Waals surface area (Å²) >= 11 is 6.07. The Labute approximate surface area is 155 Å². The third kappa shape index (κ3) is 4.23. The highest BCUT2D eigenvalue weighted by Gasteiger charge is 2.09. The van der Waals surface area contributed by atoms with Crippen molar-refractivity contribution < 1.29 is 9.59 Å². The van der Waals surface area contributed by atoms with Gasteiger partial charge in [-0.25, -0.2) is 9.97 Å². The van der Waals surface area contributed by atoms with Crippen LogP contribution in [-0.4, -0.2) is 21.7 Å². The lowest BCUT2D eigenvalue weighted by atomic mass is 10.1. The molecule has 0 spiro atoms. The van der Waals surface area contributed by atoms with E-state index in [1.165, 1.54) is 19.3 Å². The predicted octanol–water partition coefficient (Wildman–Crippen LogP) is 4.33. The fraction of sp³-hybridized carbons (Fsp3) is 0.0526. The van der Waals surface area contributed by atoms with E-state index >= 15 is 0 Å². The number of rotatable bonds is 5. The molecule has 2 N–H and O–H groups in total. The first kappa shape index (κ1) is 17.6. The number of amides is 1. The van der Waals surface area contributed by atoms with Gasteiger partial charge in [-0.05, 0) is 31.2 Å². The summed E-state index contributed by atoms with van der Waals surface area (Å²) in [5.74, 6) is -0.109. The van der Waals surface area contributed by atoms with Gasteiger partial charge in [-0.2, -0.15) is 0 Å². The van der Waals surface area contributed by atoms with Crippen LogP contribution < -0.4 is 10.6 Å². The molecule has 1 aromatic heterocycles. The van der Waals surface area contributed by atoms with E-state index in [0.717, 1.165) is 0 Å². The molecular formula is C19H15ClN4O2. The number of ketones is 1. The van der Waals surface area contributed by atoms with E-state index in [1.54, 1.807) is 36.4 Å². The zero-order valence-corrected chi connectivity index (χ0v) is 14.6. The molecule has 3 rings (SSSR count). The summed E-state index contributed by atoms with van der Waals surface area (Å²) in [6.45, 7) is 1.47. The number of hydrogen-bond donors (Lipinski definition) is 2. The molecule has 0 aliphatic heterocycles. The maximum atomic E-state index is 12.3. The average Bonchev–Trinajstić information content (AvgIpc) is 2.64. The molecule has 0 unspecified atom stereocenters. The van der Waals surface area contributed by atoms with Gasteiger partial charge in [0.15, 0.2) is 5.78 Å². The maximum absolute atomic E-state index is 12.3. The van der Waals surface area contributed by atoms with Crippen LogP contribution in [0.4, 0.5) is 17.3 Å². The summed E-state index contributed by atoms with van der Waals surface area (Å²) in [5.41, 5.74) is 2.02. The second-order valence-corrected chi connectivity index (χ2v) is 5.90. The lowest BCUT2D eigenvalue weighted by molar-refractivity contribution is 0.101. The van der Waals surface area contributed by atoms with Gasteiger partial charge in [-0.1, -0.05) is 35.9 Å². The molecule has 2 aromatic carbocycles. The fourth-order valence-electron chi connectivity index (χ4n) is 2.21. The summed E-state index contributed by atoms with van der Waals surface area (Å²) in [4.78, 5) is 32.0. The second-order valence-electron chi connectivity index (χ2n) is 5.49. The molecule has 130 valence electrons. The molecular weight excluding hydrogens is 352 g/mol. The highest BCUT2D eigenvalue weighted by Crippen LogP contribution is 2.23. The smallest absolute Gasteiger partial charge is 0.258 e. The molecule has 1 amide bonds. The number of benzene rings is 2. The van der Waals surface area contributed by atoms with Gasteiger partial charge in [0, 0.05) is 23.6 Å². The van der Waals surface area contributed by atoms with Crippen LogP contribution in [0.25, 0.3) is 0 Å². The largest absolute Gasteiger partial charge is 0.323 e. The number of Topliss-reactive ketones (excluding diaryl/α,β-unsaturated/α-hetero) is 1. The van der Waals surface area contributed by atoms with Gasteiger partial charge in [-0.15, -0.1) is 0 Å². The summed E-state index contributed by atoms with van der Waals surface area (Å²) in [5, 5.41) is 6.25. The van der Waals surface area contributed by atoms with E-state index in [-0.39, 0.29) is 11.7 Å². The van der Waals surface area contributed by atoms with Crippen molar-refractivity contribution in [3.05, 3.63) is 77.1 Å². The van der Waals surface area contributed by atoms with Crippen molar-refractivity contribution in [2.24, 2.45) is 0 Å². The van der Waals surface area contributed by atoms with Crippen molar-refractivity contribution >= 4 is 40.6 Å². The number of anilines is 3. The third-order valence-corrected chi connectivity index (χ3v) is 3.89. The van der Waals surface area contributed by atoms with Crippen LogP contribution >= 0.6 is 11.6 Å². The Hall–Kier alpha value is -3.25. The number of carbonyl (C=O) groups is 2. The fourth-order valence-corrected chi connectivity index (χ4v) is 2.40. The van der Waals surface area contributed by atoms with Crippen LogP contribution in [0.5, 0.6) is 0 Å². The van der Waals surface area contributed by atoms with Crippen molar-refractivity contribution in [2.75, 3.05) is 10.6 Å². The minimum atomic E-state index is -0.366. The molecule has 6 nitrogen and oxygen atoms in total. The molecule has 0 aliphatic carbocycles. The van der Waals surface area contributed by atoms with Gasteiger partial charge >= 0.3 is 0 Å². The minimum absolute atomic E-state index is 0.0700. The Balaban J connectivity index is 1.70. The van der Waals surface area contributed by atoms with Crippen LogP contribution in [0.15, 0.2) is 60.9 Å². The Morgan fingerprint density at radius 3 is 2.38 bits per heavy atom. The maximum Gasteiger partial charge on any atom is 0.258 e. The average molecular weight is 367 g/mol. The van der Waals surface area contributed by atoms with Crippen LogP contribution in [0.1, 0.15) is 27.6 Å². The zero-order chi connectivity index (χ0) is 18.5. The molecule has 26 heavy (non-hydrogen) atoms. The van der Waals surface area contributed by atoms with Crippen molar-refractivity contribution in [3.63, 3.8) is 0 Å². The number of halogens is 1. The van der Waals surface area contributed by atoms with E-state index in [4.69, 9.17) is 11.6 Å². The number of aromatic nitrogens is 2. The molecule has 0 radical (unpaired) electrons. The van der Waals surface area contributed by atoms with E-state index in [0.29, 0.717) is 33.5 Å². The number of nitrogens with one attached hydrogen (secondary N) is 2. The summed E-state index contributed by atoms with van der Waals surface area (Å²) in [6.07, 6.45) is 2.83. The van der Waals surface area contributed by atoms with Crippen molar-refractivity contribution in [2.45, 2.75) is 6.92 Å². The van der Waals surface area contributed by atoms with Gasteiger partial charge in [0.2, 0.25) is 5.95 Å². The van der Waals surface area contributed by atoms with Crippen LogP contribution in [0, 0.1) is 0 Å². The minimum Gasteiger partial charge on any atom is -0.323 e. The predicted molar refractivity (Wildman–Crippen MR) is 101 cm³/mol. The van der Waals surface area contributed by atoms with Gasteiger partial charge in [0.05, 0.1) is 16.3 Å². The first-order valence-electron chi connectivity index (χ1n) is 7.79. The first-order valence-corrected chi connectivity index (χ1v) is 8.16. The van der Waals surface area contributed by atoms with E-state index in [9.17, 15) is 9.59 Å². The van der Waals surface area contributed by atoms with Crippen LogP contribution in [0.2, 0.25) is 5.02 Å². The lowest BCUT2D eigenvalue weighted by Crippen LogP contribution is -2.13. The quantitative estimate of drug-likeness (QED) is 0.656. The molecule has 0 fully saturated rings. The Morgan fingerprint density at radius 1 is 0.962 bits per heavy atom. The highest BCUT2D eigenvalue weighted by atomic mass is 35.5. The molecule has 0 saturated heterocycles. The second kappa shape index (κ2) is 7.76. The van der Waals surface area contributed by atoms with Crippen molar-refractivity contribution in [3.8, 4) is 0 Å².